The van der Waals surface area contributed by atoms with Gasteiger partial charge in [0, 0.05) is 49.7 Å². The molecule has 9 nitrogen and oxygen atoms in total. The van der Waals surface area contributed by atoms with Crippen molar-refractivity contribution in [1.29, 1.82) is 0 Å². The van der Waals surface area contributed by atoms with E-state index in [0.29, 0.717) is 30.3 Å². The van der Waals surface area contributed by atoms with Crippen molar-refractivity contribution in [3.8, 4) is 11.3 Å². The standard InChI is InChI=1S/C28H29F3N6O3/c29-28(30,31)19-6-4-18(5-7-19)23-14-22(36-40-23)25(39)34-21-8-13-37(15-17-2-3-17)16-20(21)24(38)35-27(9-10-27)26-32-11-1-12-33-26/h1,4-7,11-12,14,17,20-21H,2-3,8-10,13,15-16H2,(H,34,39)(H,35,38)/t20-,21-/m1/s1. The second-order valence-corrected chi connectivity index (χ2v) is 11.0. The molecule has 40 heavy (non-hydrogen) atoms. The van der Waals surface area contributed by atoms with E-state index in [4.69, 9.17) is 4.52 Å². The summed E-state index contributed by atoms with van der Waals surface area (Å²) in [6.07, 6.45) is 3.38. The molecule has 3 aromatic rings. The number of alkyl halides is 3. The molecule has 2 amide bonds. The number of benzene rings is 1. The van der Waals surface area contributed by atoms with Crippen molar-refractivity contribution in [2.24, 2.45) is 11.8 Å². The van der Waals surface area contributed by atoms with Gasteiger partial charge in [0.2, 0.25) is 5.91 Å². The minimum absolute atomic E-state index is 0.00850. The minimum atomic E-state index is -4.45. The van der Waals surface area contributed by atoms with Crippen LogP contribution in [0.1, 0.15) is 54.0 Å². The minimum Gasteiger partial charge on any atom is -0.355 e. The number of aromatic nitrogens is 3. The summed E-state index contributed by atoms with van der Waals surface area (Å²) < 4.78 is 43.9. The first kappa shape index (κ1) is 26.4. The number of likely N-dealkylation sites (tertiary alicyclic amines) is 1. The molecule has 2 saturated carbocycles. The second kappa shape index (κ2) is 10.3. The van der Waals surface area contributed by atoms with Gasteiger partial charge in [-0.3, -0.25) is 9.59 Å². The van der Waals surface area contributed by atoms with Crippen LogP contribution in [0.3, 0.4) is 0 Å². The number of nitrogens with zero attached hydrogens (tertiary/aromatic N) is 4. The lowest BCUT2D eigenvalue weighted by atomic mass is 9.90. The van der Waals surface area contributed by atoms with E-state index >= 15 is 0 Å². The Bertz CT molecular complexity index is 1370. The molecule has 1 aromatic carbocycles. The number of hydrogen-bond donors (Lipinski definition) is 2. The van der Waals surface area contributed by atoms with Crippen LogP contribution < -0.4 is 10.6 Å². The molecule has 3 heterocycles. The average molecular weight is 555 g/mol. The zero-order valence-corrected chi connectivity index (χ0v) is 21.7. The Morgan fingerprint density at radius 1 is 1.07 bits per heavy atom. The van der Waals surface area contributed by atoms with Gasteiger partial charge in [-0.25, -0.2) is 9.97 Å². The summed E-state index contributed by atoms with van der Waals surface area (Å²) in [7, 11) is 0. The third-order valence-electron chi connectivity index (χ3n) is 7.91. The summed E-state index contributed by atoms with van der Waals surface area (Å²) in [6.45, 7) is 2.22. The van der Waals surface area contributed by atoms with Gasteiger partial charge in [0.15, 0.2) is 17.3 Å². The van der Waals surface area contributed by atoms with Crippen molar-refractivity contribution in [3.63, 3.8) is 0 Å². The number of piperidine rings is 1. The number of rotatable bonds is 8. The van der Waals surface area contributed by atoms with Crippen molar-refractivity contribution in [2.75, 3.05) is 19.6 Å². The first-order valence-electron chi connectivity index (χ1n) is 13.5. The predicted octanol–water partition coefficient (Wildman–Crippen LogP) is 3.79. The third kappa shape index (κ3) is 5.72. The Balaban J connectivity index is 1.15. The van der Waals surface area contributed by atoms with E-state index in [1.807, 2.05) is 0 Å². The van der Waals surface area contributed by atoms with E-state index in [0.717, 1.165) is 38.1 Å². The molecule has 0 bridgehead atoms. The number of amides is 2. The van der Waals surface area contributed by atoms with Crippen LogP contribution in [0.4, 0.5) is 13.2 Å². The summed E-state index contributed by atoms with van der Waals surface area (Å²) >= 11 is 0. The van der Waals surface area contributed by atoms with Crippen molar-refractivity contribution in [2.45, 2.75) is 49.9 Å². The van der Waals surface area contributed by atoms with Crippen molar-refractivity contribution in [3.05, 3.63) is 65.9 Å². The first-order chi connectivity index (χ1) is 19.2. The van der Waals surface area contributed by atoms with Crippen molar-refractivity contribution < 1.29 is 27.3 Å². The molecule has 1 saturated heterocycles. The quantitative estimate of drug-likeness (QED) is 0.436. The van der Waals surface area contributed by atoms with Gasteiger partial charge >= 0.3 is 6.18 Å². The van der Waals surface area contributed by atoms with Gasteiger partial charge < -0.3 is 20.1 Å². The van der Waals surface area contributed by atoms with Gasteiger partial charge in [0.05, 0.1) is 17.0 Å². The Morgan fingerprint density at radius 3 is 2.45 bits per heavy atom. The van der Waals surface area contributed by atoms with Gasteiger partial charge in [0.25, 0.3) is 5.91 Å². The highest BCUT2D eigenvalue weighted by atomic mass is 19.4. The molecule has 2 aromatic heterocycles. The van der Waals surface area contributed by atoms with Crippen LogP contribution >= 0.6 is 0 Å². The molecule has 12 heteroatoms. The van der Waals surface area contributed by atoms with Crippen LogP contribution in [0.25, 0.3) is 11.3 Å². The molecular formula is C28H29F3N6O3. The number of nitrogens with one attached hydrogen (secondary N) is 2. The topological polar surface area (TPSA) is 113 Å². The van der Waals surface area contributed by atoms with Crippen LogP contribution in [-0.2, 0) is 16.5 Å². The van der Waals surface area contributed by atoms with Crippen LogP contribution in [0, 0.1) is 11.8 Å². The number of carbonyl (C=O) groups excluding carboxylic acids is 2. The number of halogens is 3. The summed E-state index contributed by atoms with van der Waals surface area (Å²) in [4.78, 5) is 37.8. The van der Waals surface area contributed by atoms with Crippen molar-refractivity contribution in [1.82, 2.24) is 30.7 Å². The predicted molar refractivity (Wildman–Crippen MR) is 137 cm³/mol. The van der Waals surface area contributed by atoms with E-state index in [1.165, 1.54) is 31.0 Å². The fourth-order valence-corrected chi connectivity index (χ4v) is 5.28. The Kier molecular flexibility index (Phi) is 6.81. The molecule has 0 unspecified atom stereocenters. The van der Waals surface area contributed by atoms with Gasteiger partial charge in [-0.15, -0.1) is 0 Å². The normalized spacial score (nSPS) is 22.5. The molecular weight excluding hydrogens is 525 g/mol. The Labute approximate surface area is 228 Å². The lowest BCUT2D eigenvalue weighted by molar-refractivity contribution is -0.137. The summed E-state index contributed by atoms with van der Waals surface area (Å²) in [5.41, 5.74) is -0.999. The highest BCUT2D eigenvalue weighted by Gasteiger charge is 2.50. The van der Waals surface area contributed by atoms with Crippen LogP contribution in [0.15, 0.2) is 53.3 Å². The summed E-state index contributed by atoms with van der Waals surface area (Å²) in [5, 5.41) is 9.97. The van der Waals surface area contributed by atoms with E-state index in [9.17, 15) is 22.8 Å². The molecule has 2 N–H and O–H groups in total. The summed E-state index contributed by atoms with van der Waals surface area (Å²) in [5.74, 6) is 0.285. The van der Waals surface area contributed by atoms with Gasteiger partial charge in [-0.2, -0.15) is 13.2 Å². The number of hydrogen-bond acceptors (Lipinski definition) is 7. The van der Waals surface area contributed by atoms with E-state index in [-0.39, 0.29) is 17.4 Å². The van der Waals surface area contributed by atoms with Gasteiger partial charge in [-0.1, -0.05) is 17.3 Å². The van der Waals surface area contributed by atoms with Gasteiger partial charge in [0.1, 0.15) is 0 Å². The average Bonchev–Trinajstić information content (AvgIpc) is 3.87. The second-order valence-electron chi connectivity index (χ2n) is 11.0. The lowest BCUT2D eigenvalue weighted by Crippen LogP contribution is -2.57. The Hall–Kier alpha value is -3.80. The molecule has 0 spiro atoms. The first-order valence-corrected chi connectivity index (χ1v) is 13.5. The maximum absolute atomic E-state index is 13.6. The fourth-order valence-electron chi connectivity index (χ4n) is 5.28. The van der Waals surface area contributed by atoms with E-state index < -0.39 is 35.1 Å². The molecule has 3 fully saturated rings. The SMILES string of the molecule is O=C(N[C@@H]1CCN(CC2CC2)C[C@H]1C(=O)NC1(c2ncccn2)CC1)c1cc(-c2ccc(C(F)(F)F)cc2)on1. The van der Waals surface area contributed by atoms with Crippen LogP contribution in [-0.4, -0.2) is 57.5 Å². The largest absolute Gasteiger partial charge is 0.416 e. The highest BCUT2D eigenvalue weighted by molar-refractivity contribution is 5.94. The third-order valence-corrected chi connectivity index (χ3v) is 7.91. The van der Waals surface area contributed by atoms with Crippen molar-refractivity contribution >= 4 is 11.8 Å². The summed E-state index contributed by atoms with van der Waals surface area (Å²) in [6, 6.07) is 7.13. The fraction of sp³-hybridized carbons (Fsp3) is 0.464. The van der Waals surface area contributed by atoms with Gasteiger partial charge in [-0.05, 0) is 56.2 Å². The maximum Gasteiger partial charge on any atom is 0.416 e. The van der Waals surface area contributed by atoms with Crippen LogP contribution in [0.5, 0.6) is 0 Å². The van der Waals surface area contributed by atoms with Crippen LogP contribution in [0.2, 0.25) is 0 Å². The molecule has 6 rings (SSSR count). The monoisotopic (exact) mass is 554 g/mol. The molecule has 210 valence electrons. The zero-order chi connectivity index (χ0) is 27.9. The molecule has 3 aliphatic rings. The van der Waals surface area contributed by atoms with E-state index in [1.54, 1.807) is 18.5 Å². The molecule has 2 atom stereocenters. The lowest BCUT2D eigenvalue weighted by Gasteiger charge is -2.38. The maximum atomic E-state index is 13.6. The molecule has 0 radical (unpaired) electrons. The molecule has 2 aliphatic carbocycles. The number of carbonyl (C=O) groups is 2. The van der Waals surface area contributed by atoms with E-state index in [2.05, 4.69) is 30.7 Å². The zero-order valence-electron chi connectivity index (χ0n) is 21.7. The smallest absolute Gasteiger partial charge is 0.355 e. The molecule has 1 aliphatic heterocycles. The highest BCUT2D eigenvalue weighted by Crippen LogP contribution is 2.44. The Morgan fingerprint density at radius 2 is 1.80 bits per heavy atom.